The zero-order valence-corrected chi connectivity index (χ0v) is 16.3. The molecule has 1 atom stereocenters. The Morgan fingerprint density at radius 3 is 2.68 bits per heavy atom. The molecule has 2 aromatic heterocycles. The fourth-order valence-corrected chi connectivity index (χ4v) is 3.01. The summed E-state index contributed by atoms with van der Waals surface area (Å²) in [4.78, 5) is 25.2. The molecule has 7 heteroatoms. The summed E-state index contributed by atoms with van der Waals surface area (Å²) in [5.74, 6) is 0.286. The third-order valence-electron chi connectivity index (χ3n) is 4.55. The van der Waals surface area contributed by atoms with Crippen LogP contribution in [-0.2, 0) is 11.2 Å². The molecule has 0 saturated heterocycles. The molecule has 0 fully saturated rings. The molecule has 0 aliphatic rings. The first kappa shape index (κ1) is 19.5. The molecule has 146 valence electrons. The maximum atomic E-state index is 12.6. The monoisotopic (exact) mass is 379 g/mol. The van der Waals surface area contributed by atoms with Gasteiger partial charge in [-0.3, -0.25) is 14.0 Å². The molecule has 7 nitrogen and oxygen atoms in total. The number of aryl methyl sites for hydroxylation is 1. The van der Waals surface area contributed by atoms with Crippen molar-refractivity contribution < 1.29 is 9.59 Å². The number of fused-ring (bicyclic) bond motifs is 1. The van der Waals surface area contributed by atoms with Crippen molar-refractivity contribution in [1.82, 2.24) is 25.2 Å². The predicted molar refractivity (Wildman–Crippen MR) is 107 cm³/mol. The third kappa shape index (κ3) is 4.54. The van der Waals surface area contributed by atoms with Crippen LogP contribution in [0.4, 0.5) is 0 Å². The van der Waals surface area contributed by atoms with Crippen LogP contribution < -0.4 is 10.6 Å². The Morgan fingerprint density at radius 2 is 1.93 bits per heavy atom. The minimum atomic E-state index is -0.608. The fourth-order valence-electron chi connectivity index (χ4n) is 3.01. The van der Waals surface area contributed by atoms with E-state index in [1.807, 2.05) is 61.7 Å². The molecular weight excluding hydrogens is 354 g/mol. The zero-order chi connectivity index (χ0) is 20.1. The van der Waals surface area contributed by atoms with Crippen molar-refractivity contribution in [3.8, 4) is 0 Å². The first-order chi connectivity index (χ1) is 13.5. The molecule has 0 bridgehead atoms. The van der Waals surface area contributed by atoms with E-state index >= 15 is 0 Å². The van der Waals surface area contributed by atoms with Gasteiger partial charge in [-0.2, -0.15) is 0 Å². The van der Waals surface area contributed by atoms with E-state index in [1.165, 1.54) is 0 Å². The quantitative estimate of drug-likeness (QED) is 0.658. The predicted octanol–water partition coefficient (Wildman–Crippen LogP) is 2.15. The third-order valence-corrected chi connectivity index (χ3v) is 4.55. The van der Waals surface area contributed by atoms with Gasteiger partial charge in [0.1, 0.15) is 11.9 Å². The smallest absolute Gasteiger partial charge is 0.251 e. The lowest BCUT2D eigenvalue weighted by molar-refractivity contribution is -0.123. The highest BCUT2D eigenvalue weighted by Crippen LogP contribution is 2.08. The number of carbonyl (C=O) groups excluding carboxylic acids is 2. The van der Waals surface area contributed by atoms with Crippen LogP contribution in [0.25, 0.3) is 5.65 Å². The molecule has 3 rings (SSSR count). The first-order valence-corrected chi connectivity index (χ1v) is 9.39. The van der Waals surface area contributed by atoms with E-state index in [9.17, 15) is 9.59 Å². The van der Waals surface area contributed by atoms with Gasteiger partial charge in [-0.15, -0.1) is 10.2 Å². The molecule has 0 aliphatic carbocycles. The molecule has 2 amide bonds. The molecule has 2 N–H and O–H groups in total. The van der Waals surface area contributed by atoms with Gasteiger partial charge in [0.2, 0.25) is 5.91 Å². The van der Waals surface area contributed by atoms with E-state index in [-0.39, 0.29) is 17.7 Å². The second kappa shape index (κ2) is 8.65. The number of nitrogens with one attached hydrogen (secondary N) is 2. The Kier molecular flexibility index (Phi) is 6.03. The maximum Gasteiger partial charge on any atom is 0.251 e. The second-order valence-electron chi connectivity index (χ2n) is 7.15. The van der Waals surface area contributed by atoms with Crippen molar-refractivity contribution >= 4 is 17.5 Å². The summed E-state index contributed by atoms with van der Waals surface area (Å²) >= 11 is 0. The lowest BCUT2D eigenvalue weighted by Gasteiger charge is -2.21. The highest BCUT2D eigenvalue weighted by molar-refractivity contribution is 5.97. The normalized spacial score (nSPS) is 12.1. The van der Waals surface area contributed by atoms with Crippen molar-refractivity contribution in [1.29, 1.82) is 0 Å². The topological polar surface area (TPSA) is 88.4 Å². The summed E-state index contributed by atoms with van der Waals surface area (Å²) < 4.78 is 1.89. The van der Waals surface area contributed by atoms with E-state index in [0.717, 1.165) is 17.0 Å². The molecular formula is C21H25N5O2. The van der Waals surface area contributed by atoms with E-state index in [0.29, 0.717) is 18.5 Å². The summed E-state index contributed by atoms with van der Waals surface area (Å²) in [7, 11) is 0. The summed E-state index contributed by atoms with van der Waals surface area (Å²) in [6.07, 6.45) is 2.44. The number of pyridine rings is 1. The number of benzene rings is 1. The number of hydrogen-bond donors (Lipinski definition) is 2. The molecule has 0 saturated carbocycles. The maximum absolute atomic E-state index is 12.6. The highest BCUT2D eigenvalue weighted by atomic mass is 16.2. The van der Waals surface area contributed by atoms with Crippen LogP contribution >= 0.6 is 0 Å². The van der Waals surface area contributed by atoms with Crippen LogP contribution in [0.15, 0.2) is 48.7 Å². The molecule has 28 heavy (non-hydrogen) atoms. The number of rotatable bonds is 7. The number of carbonyl (C=O) groups is 2. The number of aromatic nitrogens is 3. The zero-order valence-electron chi connectivity index (χ0n) is 16.3. The van der Waals surface area contributed by atoms with Crippen LogP contribution in [0, 0.1) is 12.8 Å². The van der Waals surface area contributed by atoms with Gasteiger partial charge in [0.25, 0.3) is 5.91 Å². The molecule has 0 aliphatic heterocycles. The Hall–Kier alpha value is -3.22. The number of nitrogens with zero attached hydrogens (tertiary/aromatic N) is 3. The molecule has 0 radical (unpaired) electrons. The van der Waals surface area contributed by atoms with E-state index in [1.54, 1.807) is 12.1 Å². The van der Waals surface area contributed by atoms with Gasteiger partial charge < -0.3 is 10.6 Å². The summed E-state index contributed by atoms with van der Waals surface area (Å²) in [5.41, 5.74) is 2.32. The van der Waals surface area contributed by atoms with Gasteiger partial charge >= 0.3 is 0 Å². The highest BCUT2D eigenvalue weighted by Gasteiger charge is 2.24. The molecule has 0 unspecified atom stereocenters. The Balaban J connectivity index is 1.59. The first-order valence-electron chi connectivity index (χ1n) is 9.39. The van der Waals surface area contributed by atoms with Gasteiger partial charge in [0, 0.05) is 24.7 Å². The van der Waals surface area contributed by atoms with Crippen molar-refractivity contribution in [2.24, 2.45) is 5.92 Å². The fraction of sp³-hybridized carbons (Fsp3) is 0.333. The van der Waals surface area contributed by atoms with Gasteiger partial charge in [0.15, 0.2) is 5.65 Å². The van der Waals surface area contributed by atoms with Crippen LogP contribution in [0.3, 0.4) is 0 Å². The standard InChI is InChI=1S/C21H25N5O2/c1-14(2)19(23-20(27)16-8-6-7-15(3)13-16)21(28)22-11-10-18-25-24-17-9-4-5-12-26(17)18/h4-9,12-14,19H,10-11H2,1-3H3,(H,22,28)(H,23,27)/t19-/m0/s1. The summed E-state index contributed by atoms with van der Waals surface area (Å²) in [6.45, 7) is 6.16. The van der Waals surface area contributed by atoms with Crippen LogP contribution in [0.1, 0.15) is 35.6 Å². The van der Waals surface area contributed by atoms with E-state index < -0.39 is 6.04 Å². The lowest BCUT2D eigenvalue weighted by Crippen LogP contribution is -2.50. The van der Waals surface area contributed by atoms with Gasteiger partial charge in [-0.25, -0.2) is 0 Å². The van der Waals surface area contributed by atoms with Crippen molar-refractivity contribution in [2.45, 2.75) is 33.2 Å². The van der Waals surface area contributed by atoms with Gasteiger partial charge in [-0.05, 0) is 37.1 Å². The average Bonchev–Trinajstić information content (AvgIpc) is 3.09. The Morgan fingerprint density at radius 1 is 1.11 bits per heavy atom. The van der Waals surface area contributed by atoms with Gasteiger partial charge in [0.05, 0.1) is 0 Å². The van der Waals surface area contributed by atoms with Crippen LogP contribution in [-0.4, -0.2) is 39.0 Å². The van der Waals surface area contributed by atoms with E-state index in [2.05, 4.69) is 20.8 Å². The van der Waals surface area contributed by atoms with Crippen molar-refractivity contribution in [2.75, 3.05) is 6.54 Å². The minimum Gasteiger partial charge on any atom is -0.354 e. The largest absolute Gasteiger partial charge is 0.354 e. The summed E-state index contributed by atoms with van der Waals surface area (Å²) in [5, 5.41) is 14.0. The molecule has 0 spiro atoms. The summed E-state index contributed by atoms with van der Waals surface area (Å²) in [6, 6.07) is 12.4. The molecule has 2 heterocycles. The average molecular weight is 379 g/mol. The van der Waals surface area contributed by atoms with Gasteiger partial charge in [-0.1, -0.05) is 37.6 Å². The van der Waals surface area contributed by atoms with Crippen molar-refractivity contribution in [3.05, 3.63) is 65.6 Å². The molecule has 3 aromatic rings. The SMILES string of the molecule is Cc1cccc(C(=O)N[C@H](C(=O)NCCc2nnc3ccccn23)C(C)C)c1. The number of amides is 2. The molecule has 1 aromatic carbocycles. The van der Waals surface area contributed by atoms with Crippen molar-refractivity contribution in [3.63, 3.8) is 0 Å². The number of hydrogen-bond acceptors (Lipinski definition) is 4. The van der Waals surface area contributed by atoms with E-state index in [4.69, 9.17) is 0 Å². The van der Waals surface area contributed by atoms with Crippen LogP contribution in [0.5, 0.6) is 0 Å². The van der Waals surface area contributed by atoms with Crippen LogP contribution in [0.2, 0.25) is 0 Å². The Labute approximate surface area is 164 Å². The lowest BCUT2D eigenvalue weighted by atomic mass is 10.0. The second-order valence-corrected chi connectivity index (χ2v) is 7.15. The Bertz CT molecular complexity index is 980. The minimum absolute atomic E-state index is 0.0392.